The molecule has 1 N–H and O–H groups in total. The van der Waals surface area contributed by atoms with Gasteiger partial charge in [0, 0.05) is 37.8 Å². The van der Waals surface area contributed by atoms with Crippen molar-refractivity contribution in [2.24, 2.45) is 4.99 Å². The number of aromatic nitrogens is 1. The van der Waals surface area contributed by atoms with Crippen LogP contribution in [-0.2, 0) is 6.54 Å². The van der Waals surface area contributed by atoms with Gasteiger partial charge in [0.05, 0.1) is 6.54 Å². The molecule has 2 aliphatic rings. The summed E-state index contributed by atoms with van der Waals surface area (Å²) in [5.41, 5.74) is 0. The third kappa shape index (κ3) is 3.74. The molecule has 0 bridgehead atoms. The Morgan fingerprint density at radius 1 is 1.38 bits per heavy atom. The van der Waals surface area contributed by atoms with Crippen LogP contribution < -0.4 is 5.32 Å². The first-order chi connectivity index (χ1) is 10.4. The first kappa shape index (κ1) is 14.8. The lowest BCUT2D eigenvalue weighted by Crippen LogP contribution is -2.44. The number of hydrogen-bond acceptors (Lipinski definition) is 4. The van der Waals surface area contributed by atoms with Crippen LogP contribution in [0.25, 0.3) is 0 Å². The molecule has 116 valence electrons. The summed E-state index contributed by atoms with van der Waals surface area (Å²) in [6.45, 7) is 5.55. The smallest absolute Gasteiger partial charge is 0.194 e. The second-order valence-electron chi connectivity index (χ2n) is 5.81. The van der Waals surface area contributed by atoms with Crippen molar-refractivity contribution in [3.05, 3.63) is 16.6 Å². The van der Waals surface area contributed by atoms with Crippen molar-refractivity contribution in [3.8, 4) is 0 Å². The van der Waals surface area contributed by atoms with Crippen molar-refractivity contribution in [2.75, 3.05) is 33.2 Å². The van der Waals surface area contributed by atoms with E-state index in [0.717, 1.165) is 30.6 Å². The van der Waals surface area contributed by atoms with Gasteiger partial charge in [0.2, 0.25) is 0 Å². The molecule has 2 saturated heterocycles. The minimum atomic E-state index is 0.712. The maximum absolute atomic E-state index is 4.44. The van der Waals surface area contributed by atoms with E-state index in [0.29, 0.717) is 6.04 Å². The number of aliphatic imine (C=N–C) groups is 1. The average Bonchev–Trinajstić information content (AvgIpc) is 3.20. The second-order valence-corrected chi connectivity index (χ2v) is 6.79. The monoisotopic (exact) mass is 307 g/mol. The van der Waals surface area contributed by atoms with E-state index < -0.39 is 0 Å². The van der Waals surface area contributed by atoms with E-state index in [1.54, 1.807) is 11.3 Å². The van der Waals surface area contributed by atoms with E-state index >= 15 is 0 Å². The lowest BCUT2D eigenvalue weighted by molar-refractivity contribution is 0.168. The molecule has 0 aromatic carbocycles. The second kappa shape index (κ2) is 7.22. The minimum Gasteiger partial charge on any atom is -0.350 e. The van der Waals surface area contributed by atoms with E-state index in [1.807, 2.05) is 18.6 Å². The first-order valence-corrected chi connectivity index (χ1v) is 8.83. The third-order valence-electron chi connectivity index (χ3n) is 4.46. The Morgan fingerprint density at radius 2 is 2.24 bits per heavy atom. The van der Waals surface area contributed by atoms with Crippen LogP contribution in [0.4, 0.5) is 0 Å². The summed E-state index contributed by atoms with van der Waals surface area (Å²) < 4.78 is 0. The summed E-state index contributed by atoms with van der Waals surface area (Å²) in [5, 5.41) is 6.57. The van der Waals surface area contributed by atoms with E-state index in [4.69, 9.17) is 0 Å². The van der Waals surface area contributed by atoms with Crippen molar-refractivity contribution >= 4 is 17.3 Å². The number of nitrogens with one attached hydrogen (secondary N) is 1. The van der Waals surface area contributed by atoms with E-state index in [-0.39, 0.29) is 0 Å². The van der Waals surface area contributed by atoms with Gasteiger partial charge in [0.1, 0.15) is 5.01 Å². The number of likely N-dealkylation sites (tertiary alicyclic amines) is 2. The van der Waals surface area contributed by atoms with Crippen LogP contribution in [0.5, 0.6) is 0 Å². The van der Waals surface area contributed by atoms with Crippen LogP contribution in [0.1, 0.15) is 30.7 Å². The molecule has 0 aliphatic carbocycles. The molecule has 0 saturated carbocycles. The highest BCUT2D eigenvalue weighted by Crippen LogP contribution is 2.20. The van der Waals surface area contributed by atoms with Crippen LogP contribution in [0, 0.1) is 0 Å². The number of hydrogen-bond donors (Lipinski definition) is 1. The quantitative estimate of drug-likeness (QED) is 0.683. The summed E-state index contributed by atoms with van der Waals surface area (Å²) in [6.07, 6.45) is 7.26. The SMILES string of the molecule is CN=C(NCc1nccs1)N1CCC(N2CCCCC2)C1. The van der Waals surface area contributed by atoms with Gasteiger partial charge in [-0.1, -0.05) is 6.42 Å². The standard InChI is InChI=1S/C15H25N5S/c1-16-15(18-11-14-17-6-10-21-14)20-9-5-13(12-20)19-7-3-2-4-8-19/h6,10,13H,2-5,7-9,11-12H2,1H3,(H,16,18). The summed E-state index contributed by atoms with van der Waals surface area (Å²) in [4.78, 5) is 13.8. The Kier molecular flexibility index (Phi) is 5.08. The molecular weight excluding hydrogens is 282 g/mol. The molecule has 1 aromatic rings. The Hall–Kier alpha value is -1.14. The largest absolute Gasteiger partial charge is 0.350 e. The number of thiazole rings is 1. The van der Waals surface area contributed by atoms with Gasteiger partial charge in [-0.15, -0.1) is 11.3 Å². The third-order valence-corrected chi connectivity index (χ3v) is 5.24. The van der Waals surface area contributed by atoms with Crippen LogP contribution >= 0.6 is 11.3 Å². The van der Waals surface area contributed by atoms with Gasteiger partial charge in [-0.05, 0) is 32.4 Å². The Morgan fingerprint density at radius 3 is 2.95 bits per heavy atom. The van der Waals surface area contributed by atoms with Gasteiger partial charge >= 0.3 is 0 Å². The minimum absolute atomic E-state index is 0.712. The highest BCUT2D eigenvalue weighted by Gasteiger charge is 2.29. The van der Waals surface area contributed by atoms with Gasteiger partial charge in [-0.25, -0.2) is 4.98 Å². The van der Waals surface area contributed by atoms with E-state index in [2.05, 4.69) is 25.1 Å². The van der Waals surface area contributed by atoms with E-state index in [1.165, 1.54) is 38.8 Å². The molecular formula is C15H25N5S. The zero-order chi connectivity index (χ0) is 14.5. The average molecular weight is 307 g/mol. The molecule has 2 aliphatic heterocycles. The molecule has 1 unspecified atom stereocenters. The van der Waals surface area contributed by atoms with Gasteiger partial charge in [-0.2, -0.15) is 0 Å². The molecule has 2 fully saturated rings. The lowest BCUT2D eigenvalue weighted by atomic mass is 10.1. The van der Waals surface area contributed by atoms with Gasteiger partial charge in [-0.3, -0.25) is 9.89 Å². The Labute approximate surface area is 131 Å². The fourth-order valence-electron chi connectivity index (χ4n) is 3.34. The van der Waals surface area contributed by atoms with Crippen LogP contribution in [0.3, 0.4) is 0 Å². The highest BCUT2D eigenvalue weighted by molar-refractivity contribution is 7.09. The predicted molar refractivity (Wildman–Crippen MR) is 87.7 cm³/mol. The number of nitrogens with zero attached hydrogens (tertiary/aromatic N) is 4. The summed E-state index contributed by atoms with van der Waals surface area (Å²) in [7, 11) is 1.87. The zero-order valence-electron chi connectivity index (χ0n) is 12.8. The van der Waals surface area contributed by atoms with Gasteiger partial charge in [0.15, 0.2) is 5.96 Å². The van der Waals surface area contributed by atoms with Crippen molar-refractivity contribution in [1.82, 2.24) is 20.1 Å². The zero-order valence-corrected chi connectivity index (χ0v) is 13.6. The van der Waals surface area contributed by atoms with Crippen molar-refractivity contribution in [1.29, 1.82) is 0 Å². The maximum atomic E-state index is 4.44. The van der Waals surface area contributed by atoms with Crippen molar-refractivity contribution in [2.45, 2.75) is 38.3 Å². The number of rotatable bonds is 3. The van der Waals surface area contributed by atoms with Crippen LogP contribution in [0.2, 0.25) is 0 Å². The van der Waals surface area contributed by atoms with Gasteiger partial charge < -0.3 is 10.2 Å². The Bertz CT molecular complexity index is 453. The number of piperidine rings is 1. The van der Waals surface area contributed by atoms with E-state index in [9.17, 15) is 0 Å². The van der Waals surface area contributed by atoms with Crippen molar-refractivity contribution < 1.29 is 0 Å². The molecule has 0 amide bonds. The lowest BCUT2D eigenvalue weighted by Gasteiger charge is -2.32. The fourth-order valence-corrected chi connectivity index (χ4v) is 3.90. The molecule has 6 heteroatoms. The molecule has 0 spiro atoms. The van der Waals surface area contributed by atoms with Crippen LogP contribution in [0.15, 0.2) is 16.6 Å². The summed E-state index contributed by atoms with van der Waals surface area (Å²) >= 11 is 1.69. The van der Waals surface area contributed by atoms with Gasteiger partial charge in [0.25, 0.3) is 0 Å². The summed E-state index contributed by atoms with van der Waals surface area (Å²) in [6, 6.07) is 0.712. The molecule has 3 rings (SSSR count). The molecule has 1 aromatic heterocycles. The maximum Gasteiger partial charge on any atom is 0.194 e. The molecule has 3 heterocycles. The van der Waals surface area contributed by atoms with Crippen LogP contribution in [-0.4, -0.2) is 60.0 Å². The molecule has 1 atom stereocenters. The molecule has 5 nitrogen and oxygen atoms in total. The van der Waals surface area contributed by atoms with Crippen molar-refractivity contribution in [3.63, 3.8) is 0 Å². The fraction of sp³-hybridized carbons (Fsp3) is 0.733. The Balaban J connectivity index is 1.51. The predicted octanol–water partition coefficient (Wildman–Crippen LogP) is 1.78. The first-order valence-electron chi connectivity index (χ1n) is 7.95. The molecule has 21 heavy (non-hydrogen) atoms. The number of guanidine groups is 1. The normalized spacial score (nSPS) is 24.5. The topological polar surface area (TPSA) is 43.8 Å². The molecule has 0 radical (unpaired) electrons. The summed E-state index contributed by atoms with van der Waals surface area (Å²) in [5.74, 6) is 1.02. The highest BCUT2D eigenvalue weighted by atomic mass is 32.1.